The van der Waals surface area contributed by atoms with E-state index in [1.165, 1.54) is 22.2 Å². The molecule has 1 fully saturated rings. The molecule has 0 saturated carbocycles. The molecule has 6 heteroatoms. The highest BCUT2D eigenvalue weighted by Crippen LogP contribution is 2.36. The van der Waals surface area contributed by atoms with Crippen molar-refractivity contribution < 1.29 is 9.53 Å². The molecule has 0 unspecified atom stereocenters. The number of amidine groups is 1. The van der Waals surface area contributed by atoms with Crippen LogP contribution in [0.3, 0.4) is 0 Å². The average molecular weight is 523 g/mol. The van der Waals surface area contributed by atoms with Gasteiger partial charge in [-0.1, -0.05) is 71.9 Å². The highest BCUT2D eigenvalue weighted by molar-refractivity contribution is 8.18. The molecule has 4 nitrogen and oxygen atoms in total. The van der Waals surface area contributed by atoms with Crippen LogP contribution >= 0.6 is 23.5 Å². The molecule has 37 heavy (non-hydrogen) atoms. The molecule has 0 spiro atoms. The minimum absolute atomic E-state index is 0.0476. The van der Waals surface area contributed by atoms with Gasteiger partial charge in [0.15, 0.2) is 5.17 Å². The molecule has 184 valence electrons. The number of aryl methyl sites for hydroxylation is 1. The molecule has 1 aliphatic heterocycles. The van der Waals surface area contributed by atoms with E-state index in [9.17, 15) is 4.79 Å². The number of amides is 1. The quantitative estimate of drug-likeness (QED) is 0.231. The molecule has 0 aromatic heterocycles. The van der Waals surface area contributed by atoms with Crippen LogP contribution in [0.25, 0.3) is 6.08 Å². The number of benzene rings is 4. The van der Waals surface area contributed by atoms with Crippen LogP contribution in [0.4, 0.5) is 5.69 Å². The summed E-state index contributed by atoms with van der Waals surface area (Å²) in [4.78, 5) is 23.1. The van der Waals surface area contributed by atoms with Crippen LogP contribution in [-0.4, -0.2) is 23.1 Å². The fraction of sp³-hybridized carbons (Fsp3) is 0.0968. The largest absolute Gasteiger partial charge is 0.497 e. The fourth-order valence-corrected chi connectivity index (χ4v) is 5.60. The zero-order chi connectivity index (χ0) is 25.6. The van der Waals surface area contributed by atoms with Crippen molar-refractivity contribution in [2.24, 2.45) is 4.99 Å². The van der Waals surface area contributed by atoms with Gasteiger partial charge >= 0.3 is 0 Å². The molecule has 5 rings (SSSR count). The molecule has 0 radical (unpaired) electrons. The molecule has 1 saturated heterocycles. The van der Waals surface area contributed by atoms with E-state index in [-0.39, 0.29) is 5.91 Å². The Morgan fingerprint density at radius 3 is 2.16 bits per heavy atom. The first-order chi connectivity index (χ1) is 18.1. The Morgan fingerprint density at radius 1 is 0.865 bits per heavy atom. The first-order valence-corrected chi connectivity index (χ1v) is 13.5. The summed E-state index contributed by atoms with van der Waals surface area (Å²) >= 11 is 3.13. The van der Waals surface area contributed by atoms with Gasteiger partial charge in [0.1, 0.15) is 5.75 Å². The van der Waals surface area contributed by atoms with Crippen LogP contribution in [0.5, 0.6) is 5.75 Å². The van der Waals surface area contributed by atoms with E-state index in [0.717, 1.165) is 27.5 Å². The maximum Gasteiger partial charge on any atom is 0.267 e. The predicted molar refractivity (Wildman–Crippen MR) is 154 cm³/mol. The highest BCUT2D eigenvalue weighted by Gasteiger charge is 2.33. The standard InChI is InChI=1S/C31H26N2O2S2/c1-22-8-16-27(17-9-22)36-28-18-12-23(13-19-28)20-29-30(34)33(21-24-10-14-26(35-2)15-11-24)31(37-29)32-25-6-4-3-5-7-25/h3-20H,21H2,1-2H3/b29-20-,32-31?. The molecule has 0 N–H and O–H groups in total. The highest BCUT2D eigenvalue weighted by atomic mass is 32.2. The first kappa shape index (κ1) is 24.9. The van der Waals surface area contributed by atoms with Gasteiger partial charge in [-0.15, -0.1) is 0 Å². The second-order valence-corrected chi connectivity index (χ2v) is 10.7. The third-order valence-electron chi connectivity index (χ3n) is 5.80. The molecule has 4 aromatic rings. The SMILES string of the molecule is COc1ccc(CN2C(=O)/C(=C/c3ccc(Sc4ccc(C)cc4)cc3)SC2=Nc2ccccc2)cc1. The van der Waals surface area contributed by atoms with Crippen LogP contribution in [-0.2, 0) is 11.3 Å². The van der Waals surface area contributed by atoms with Crippen molar-refractivity contribution in [2.75, 3.05) is 7.11 Å². The van der Waals surface area contributed by atoms with E-state index >= 15 is 0 Å². The van der Waals surface area contributed by atoms with Crippen LogP contribution in [0, 0.1) is 6.92 Å². The number of para-hydroxylation sites is 1. The van der Waals surface area contributed by atoms with Crippen molar-refractivity contribution in [3.05, 3.63) is 125 Å². The van der Waals surface area contributed by atoms with Gasteiger partial charge in [-0.3, -0.25) is 9.69 Å². The van der Waals surface area contributed by atoms with Crippen molar-refractivity contribution >= 4 is 46.4 Å². The summed E-state index contributed by atoms with van der Waals surface area (Å²) in [7, 11) is 1.64. The number of hydrogen-bond acceptors (Lipinski definition) is 5. The van der Waals surface area contributed by atoms with E-state index in [2.05, 4.69) is 55.5 Å². The Bertz CT molecular complexity index is 1430. The molecule has 0 atom stereocenters. The van der Waals surface area contributed by atoms with Gasteiger partial charge in [0.25, 0.3) is 5.91 Å². The molecule has 1 heterocycles. The Labute approximate surface area is 226 Å². The molecule has 1 aliphatic rings. The molecule has 1 amide bonds. The van der Waals surface area contributed by atoms with Gasteiger partial charge in [-0.05, 0) is 84.4 Å². The molecule has 4 aromatic carbocycles. The maximum atomic E-state index is 13.5. The van der Waals surface area contributed by atoms with E-state index in [0.29, 0.717) is 16.6 Å². The lowest BCUT2D eigenvalue weighted by Crippen LogP contribution is -2.28. The number of methoxy groups -OCH3 is 1. The number of aliphatic imine (C=N–C) groups is 1. The van der Waals surface area contributed by atoms with Crippen molar-refractivity contribution in [3.8, 4) is 5.75 Å². The summed E-state index contributed by atoms with van der Waals surface area (Å²) < 4.78 is 5.27. The predicted octanol–water partition coefficient (Wildman–Crippen LogP) is 7.96. The third-order valence-corrected chi connectivity index (χ3v) is 7.83. The van der Waals surface area contributed by atoms with E-state index in [1.54, 1.807) is 23.8 Å². The Kier molecular flexibility index (Phi) is 7.78. The molecule has 0 bridgehead atoms. The normalized spacial score (nSPS) is 15.5. The minimum Gasteiger partial charge on any atom is -0.497 e. The maximum absolute atomic E-state index is 13.5. The van der Waals surface area contributed by atoms with Crippen LogP contribution in [0.2, 0.25) is 0 Å². The fourth-order valence-electron chi connectivity index (χ4n) is 3.78. The lowest BCUT2D eigenvalue weighted by Gasteiger charge is -2.16. The van der Waals surface area contributed by atoms with Gasteiger partial charge in [-0.25, -0.2) is 4.99 Å². The minimum atomic E-state index is -0.0476. The number of ether oxygens (including phenoxy) is 1. The van der Waals surface area contributed by atoms with E-state index in [1.807, 2.05) is 60.7 Å². The van der Waals surface area contributed by atoms with Crippen molar-refractivity contribution in [1.29, 1.82) is 0 Å². The second-order valence-electron chi connectivity index (χ2n) is 8.56. The topological polar surface area (TPSA) is 41.9 Å². The number of carbonyl (C=O) groups excluding carboxylic acids is 1. The summed E-state index contributed by atoms with van der Waals surface area (Å²) in [5.74, 6) is 0.738. The number of thioether (sulfide) groups is 1. The Hall–Kier alpha value is -3.74. The molecular weight excluding hydrogens is 496 g/mol. The first-order valence-electron chi connectivity index (χ1n) is 11.9. The van der Waals surface area contributed by atoms with Crippen molar-refractivity contribution in [2.45, 2.75) is 23.3 Å². The summed E-state index contributed by atoms with van der Waals surface area (Å²) in [5, 5.41) is 0.671. The summed E-state index contributed by atoms with van der Waals surface area (Å²) in [6.07, 6.45) is 1.95. The Balaban J connectivity index is 1.38. The molecule has 0 aliphatic carbocycles. The van der Waals surface area contributed by atoms with Crippen molar-refractivity contribution in [1.82, 2.24) is 4.90 Å². The third kappa shape index (κ3) is 6.34. The van der Waals surface area contributed by atoms with E-state index in [4.69, 9.17) is 9.73 Å². The van der Waals surface area contributed by atoms with Gasteiger partial charge in [0, 0.05) is 9.79 Å². The lowest BCUT2D eigenvalue weighted by molar-refractivity contribution is -0.122. The number of nitrogens with zero attached hydrogens (tertiary/aromatic N) is 2. The van der Waals surface area contributed by atoms with Gasteiger partial charge in [0.2, 0.25) is 0 Å². The van der Waals surface area contributed by atoms with E-state index < -0.39 is 0 Å². The second kappa shape index (κ2) is 11.5. The number of hydrogen-bond donors (Lipinski definition) is 0. The zero-order valence-electron chi connectivity index (χ0n) is 20.6. The zero-order valence-corrected chi connectivity index (χ0v) is 22.3. The molecular formula is C31H26N2O2S2. The van der Waals surface area contributed by atoms with Crippen LogP contribution in [0.1, 0.15) is 16.7 Å². The van der Waals surface area contributed by atoms with Crippen LogP contribution in [0.15, 0.2) is 123 Å². The summed E-state index contributed by atoms with van der Waals surface area (Å²) in [6.45, 7) is 2.53. The van der Waals surface area contributed by atoms with Crippen molar-refractivity contribution in [3.63, 3.8) is 0 Å². The van der Waals surface area contributed by atoms with Gasteiger partial charge in [0.05, 0.1) is 24.2 Å². The monoisotopic (exact) mass is 522 g/mol. The number of rotatable bonds is 7. The summed E-state index contributed by atoms with van der Waals surface area (Å²) in [5.41, 5.74) is 4.06. The summed E-state index contributed by atoms with van der Waals surface area (Å²) in [6, 6.07) is 34.3. The number of carbonyl (C=O) groups is 1. The van der Waals surface area contributed by atoms with Crippen LogP contribution < -0.4 is 4.74 Å². The van der Waals surface area contributed by atoms with Gasteiger partial charge in [-0.2, -0.15) is 0 Å². The van der Waals surface area contributed by atoms with Gasteiger partial charge < -0.3 is 4.74 Å². The average Bonchev–Trinajstić information content (AvgIpc) is 3.21. The Morgan fingerprint density at radius 2 is 1.51 bits per heavy atom. The lowest BCUT2D eigenvalue weighted by atomic mass is 10.2. The smallest absolute Gasteiger partial charge is 0.267 e.